The molecule has 0 aromatic rings. The molecule has 0 amide bonds. The van der Waals surface area contributed by atoms with E-state index in [2.05, 4.69) is 6.92 Å². The lowest BCUT2D eigenvalue weighted by molar-refractivity contribution is -0.154. The Hall–Kier alpha value is -0.700. The molecule has 122 valence electrons. The van der Waals surface area contributed by atoms with Crippen LogP contribution in [0.4, 0.5) is 0 Å². The largest absolute Gasteiger partial charge is 0.393 e. The van der Waals surface area contributed by atoms with Crippen molar-refractivity contribution >= 4 is 12.1 Å². The van der Waals surface area contributed by atoms with Gasteiger partial charge in [-0.05, 0) is 74.0 Å². The number of fused-ring (bicyclic) bond motifs is 5. The summed E-state index contributed by atoms with van der Waals surface area (Å²) in [6.45, 7) is 2.27. The molecule has 4 aliphatic carbocycles. The van der Waals surface area contributed by atoms with E-state index < -0.39 is 0 Å². The molecule has 4 aliphatic rings. The Morgan fingerprint density at radius 3 is 2.68 bits per heavy atom. The number of hydrogen-bond acceptors (Lipinski definition) is 3. The van der Waals surface area contributed by atoms with Crippen molar-refractivity contribution in [1.82, 2.24) is 0 Å². The van der Waals surface area contributed by atoms with E-state index in [4.69, 9.17) is 0 Å². The van der Waals surface area contributed by atoms with E-state index in [1.165, 1.54) is 6.29 Å². The number of carbonyl (C=O) groups excluding carboxylic acids is 2. The fourth-order valence-electron chi connectivity index (χ4n) is 6.95. The summed E-state index contributed by atoms with van der Waals surface area (Å²) < 4.78 is 0. The highest BCUT2D eigenvalue weighted by molar-refractivity contribution is 5.82. The van der Waals surface area contributed by atoms with Gasteiger partial charge in [0.1, 0.15) is 12.1 Å². The molecule has 4 saturated carbocycles. The summed E-state index contributed by atoms with van der Waals surface area (Å²) in [5.41, 5.74) is -0.158. The van der Waals surface area contributed by atoms with Crippen LogP contribution in [0.15, 0.2) is 0 Å². The van der Waals surface area contributed by atoms with E-state index in [0.717, 1.165) is 44.9 Å². The average molecular weight is 304 g/mol. The number of aliphatic hydroxyl groups is 1. The van der Waals surface area contributed by atoms with Gasteiger partial charge < -0.3 is 9.90 Å². The smallest absolute Gasteiger partial charge is 0.133 e. The van der Waals surface area contributed by atoms with Crippen LogP contribution in [0, 0.1) is 34.5 Å². The Morgan fingerprint density at radius 2 is 1.91 bits per heavy atom. The molecular weight excluding hydrogens is 276 g/mol. The molecule has 0 spiro atoms. The van der Waals surface area contributed by atoms with Gasteiger partial charge in [-0.25, -0.2) is 0 Å². The Morgan fingerprint density at radius 1 is 1.09 bits per heavy atom. The maximum atomic E-state index is 12.2. The van der Waals surface area contributed by atoms with Crippen LogP contribution in [-0.4, -0.2) is 23.3 Å². The minimum atomic E-state index is -0.230. The van der Waals surface area contributed by atoms with Crippen LogP contribution in [0.3, 0.4) is 0 Å². The van der Waals surface area contributed by atoms with E-state index in [1.54, 1.807) is 0 Å². The zero-order chi connectivity index (χ0) is 15.5. The number of rotatable bonds is 1. The lowest BCUT2D eigenvalue weighted by atomic mass is 9.45. The molecule has 3 nitrogen and oxygen atoms in total. The Balaban J connectivity index is 1.68. The molecule has 0 heterocycles. The van der Waals surface area contributed by atoms with Gasteiger partial charge >= 0.3 is 0 Å². The minimum absolute atomic E-state index is 0.0720. The van der Waals surface area contributed by atoms with E-state index in [-0.39, 0.29) is 16.9 Å². The number of carbonyl (C=O) groups is 2. The summed E-state index contributed by atoms with van der Waals surface area (Å²) in [5.74, 6) is 2.28. The predicted octanol–water partition coefficient (Wildman–Crippen LogP) is 3.14. The maximum Gasteiger partial charge on any atom is 0.133 e. The molecular formula is C19H28O3. The van der Waals surface area contributed by atoms with E-state index >= 15 is 0 Å². The summed E-state index contributed by atoms with van der Waals surface area (Å²) in [6, 6.07) is 0. The highest BCUT2D eigenvalue weighted by atomic mass is 16.3. The number of aldehydes is 1. The van der Waals surface area contributed by atoms with Crippen molar-refractivity contribution < 1.29 is 14.7 Å². The fraction of sp³-hybridized carbons (Fsp3) is 0.895. The van der Waals surface area contributed by atoms with Crippen LogP contribution in [0.5, 0.6) is 0 Å². The Kier molecular flexibility index (Phi) is 3.31. The van der Waals surface area contributed by atoms with Crippen LogP contribution in [0.2, 0.25) is 0 Å². The van der Waals surface area contributed by atoms with Crippen LogP contribution < -0.4 is 0 Å². The fourth-order valence-corrected chi connectivity index (χ4v) is 6.95. The highest BCUT2D eigenvalue weighted by Gasteiger charge is 2.61. The predicted molar refractivity (Wildman–Crippen MR) is 83.1 cm³/mol. The van der Waals surface area contributed by atoms with Gasteiger partial charge in [0.25, 0.3) is 0 Å². The van der Waals surface area contributed by atoms with Crippen LogP contribution in [-0.2, 0) is 9.59 Å². The maximum absolute atomic E-state index is 12.2. The lowest BCUT2D eigenvalue weighted by Crippen LogP contribution is -2.55. The quantitative estimate of drug-likeness (QED) is 0.757. The summed E-state index contributed by atoms with van der Waals surface area (Å²) >= 11 is 0. The van der Waals surface area contributed by atoms with Crippen LogP contribution in [0.25, 0.3) is 0 Å². The topological polar surface area (TPSA) is 54.4 Å². The van der Waals surface area contributed by atoms with Gasteiger partial charge in [-0.1, -0.05) is 6.92 Å². The van der Waals surface area contributed by atoms with Crippen LogP contribution in [0.1, 0.15) is 64.7 Å². The molecule has 1 N–H and O–H groups in total. The summed E-state index contributed by atoms with van der Waals surface area (Å²) in [6.07, 6.45) is 9.47. The molecule has 0 aliphatic heterocycles. The first-order valence-corrected chi connectivity index (χ1v) is 9.17. The molecule has 22 heavy (non-hydrogen) atoms. The van der Waals surface area contributed by atoms with Gasteiger partial charge in [0.15, 0.2) is 0 Å². The van der Waals surface area contributed by atoms with Crippen molar-refractivity contribution in [3.63, 3.8) is 0 Å². The molecule has 0 saturated heterocycles. The second kappa shape index (κ2) is 4.90. The molecule has 4 fully saturated rings. The zero-order valence-electron chi connectivity index (χ0n) is 13.6. The first-order valence-electron chi connectivity index (χ1n) is 9.17. The van der Waals surface area contributed by atoms with Crippen molar-refractivity contribution in [2.75, 3.05) is 0 Å². The first kappa shape index (κ1) is 14.9. The minimum Gasteiger partial charge on any atom is -0.393 e. The van der Waals surface area contributed by atoms with E-state index in [9.17, 15) is 14.7 Å². The summed E-state index contributed by atoms with van der Waals surface area (Å²) in [7, 11) is 0. The standard InChI is InChI=1S/C19H28O3/c1-18-8-7-16-14(15(18)4-5-17(18)22)3-2-12-10-13(21)6-9-19(12,16)11-20/h11-12,14-17,22H,2-10H2,1H3. The Bertz CT molecular complexity index is 501. The van der Waals surface area contributed by atoms with Gasteiger partial charge in [0.05, 0.1) is 6.10 Å². The molecule has 0 radical (unpaired) electrons. The second-order valence-electron chi connectivity index (χ2n) is 8.76. The van der Waals surface area contributed by atoms with E-state index in [0.29, 0.717) is 42.3 Å². The number of Topliss-reactive ketones (excluding diaryl/α,β-unsaturated/α-hetero) is 1. The third-order valence-electron chi connectivity index (χ3n) is 8.22. The van der Waals surface area contributed by atoms with Crippen molar-refractivity contribution in [3.05, 3.63) is 0 Å². The Labute approximate surface area is 132 Å². The molecule has 7 unspecified atom stereocenters. The zero-order valence-corrected chi connectivity index (χ0v) is 13.6. The van der Waals surface area contributed by atoms with Gasteiger partial charge in [0.2, 0.25) is 0 Å². The number of hydrogen-bond donors (Lipinski definition) is 1. The van der Waals surface area contributed by atoms with Gasteiger partial charge in [-0.2, -0.15) is 0 Å². The monoisotopic (exact) mass is 304 g/mol. The van der Waals surface area contributed by atoms with Crippen molar-refractivity contribution in [1.29, 1.82) is 0 Å². The third-order valence-corrected chi connectivity index (χ3v) is 8.22. The molecule has 0 aromatic carbocycles. The number of ketones is 1. The van der Waals surface area contributed by atoms with E-state index in [1.807, 2.05) is 0 Å². The SMILES string of the molecule is CC12CCC3C(CCC4CC(=O)CCC43C=O)C1CCC2O. The van der Waals surface area contributed by atoms with Gasteiger partial charge in [-0.15, -0.1) is 0 Å². The normalized spacial score (nSPS) is 54.3. The molecule has 3 heteroatoms. The summed E-state index contributed by atoms with van der Waals surface area (Å²) in [4.78, 5) is 24.0. The average Bonchev–Trinajstić information content (AvgIpc) is 2.82. The van der Waals surface area contributed by atoms with Crippen molar-refractivity contribution in [2.24, 2.45) is 34.5 Å². The van der Waals surface area contributed by atoms with Crippen molar-refractivity contribution in [2.45, 2.75) is 70.8 Å². The molecule has 0 aromatic heterocycles. The highest BCUT2D eigenvalue weighted by Crippen LogP contribution is 2.65. The molecule has 0 bridgehead atoms. The molecule has 4 rings (SSSR count). The third kappa shape index (κ3) is 1.78. The molecule has 7 atom stereocenters. The van der Waals surface area contributed by atoms with Crippen molar-refractivity contribution in [3.8, 4) is 0 Å². The van der Waals surface area contributed by atoms with Gasteiger partial charge in [-0.3, -0.25) is 4.79 Å². The second-order valence-corrected chi connectivity index (χ2v) is 8.76. The van der Waals surface area contributed by atoms with Gasteiger partial charge in [0, 0.05) is 18.3 Å². The summed E-state index contributed by atoms with van der Waals surface area (Å²) in [5, 5.41) is 10.4. The number of aliphatic hydroxyl groups excluding tert-OH is 1. The van der Waals surface area contributed by atoms with Crippen LogP contribution >= 0.6 is 0 Å². The first-order chi connectivity index (χ1) is 10.5. The lowest BCUT2D eigenvalue weighted by Gasteiger charge is -2.58.